The number of hydrogen-bond donors (Lipinski definition) is 1. The van der Waals surface area contributed by atoms with E-state index in [9.17, 15) is 0 Å². The molecule has 80 valence electrons. The summed E-state index contributed by atoms with van der Waals surface area (Å²) in [6.07, 6.45) is 1.97. The van der Waals surface area contributed by atoms with Gasteiger partial charge in [0.05, 0.1) is 16.2 Å². The minimum atomic E-state index is 0.358. The van der Waals surface area contributed by atoms with Crippen molar-refractivity contribution in [1.29, 1.82) is 0 Å². The maximum atomic E-state index is 6.14. The molecule has 2 rings (SSSR count). The van der Waals surface area contributed by atoms with Crippen LogP contribution in [0.1, 0.15) is 31.3 Å². The number of hydrogen-bond acceptors (Lipinski definition) is 2. The molecule has 0 radical (unpaired) electrons. The van der Waals surface area contributed by atoms with E-state index in [1.165, 1.54) is 0 Å². The predicted molar refractivity (Wildman–Crippen MR) is 62.2 cm³/mol. The molecule has 2 aromatic rings. The average Bonchev–Trinajstić information content (AvgIpc) is 2.58. The molecule has 0 spiro atoms. The van der Waals surface area contributed by atoms with Gasteiger partial charge in [0.15, 0.2) is 0 Å². The van der Waals surface area contributed by atoms with Crippen LogP contribution in [0.3, 0.4) is 0 Å². The van der Waals surface area contributed by atoms with Crippen LogP contribution in [0.4, 0.5) is 0 Å². The highest BCUT2D eigenvalue weighted by molar-refractivity contribution is 6.34. The zero-order chi connectivity index (χ0) is 11.0. The quantitative estimate of drug-likeness (QED) is 0.851. The Hall–Kier alpha value is -1.06. The zero-order valence-electron chi connectivity index (χ0n) is 8.87. The Morgan fingerprint density at radius 3 is 2.87 bits per heavy atom. The number of nitrogens with two attached hydrogens (primary N) is 1. The summed E-state index contributed by atoms with van der Waals surface area (Å²) in [5, 5.41) is 0.706. The number of pyridine rings is 1. The molecule has 2 N–H and O–H groups in total. The highest BCUT2D eigenvalue weighted by Gasteiger charge is 2.14. The molecule has 0 atom stereocenters. The van der Waals surface area contributed by atoms with E-state index in [-0.39, 0.29) is 0 Å². The highest BCUT2D eigenvalue weighted by atomic mass is 35.5. The lowest BCUT2D eigenvalue weighted by atomic mass is 10.2. The normalized spacial score (nSPS) is 11.5. The third kappa shape index (κ3) is 1.62. The number of nitrogens with zero attached hydrogens (tertiary/aromatic N) is 2. The Balaban J connectivity index is 2.81. The van der Waals surface area contributed by atoms with Gasteiger partial charge in [0.1, 0.15) is 5.82 Å². The molecule has 0 saturated heterocycles. The molecule has 0 bridgehead atoms. The van der Waals surface area contributed by atoms with Crippen LogP contribution in [0.5, 0.6) is 0 Å². The van der Waals surface area contributed by atoms with E-state index in [1.54, 1.807) is 0 Å². The Morgan fingerprint density at radius 1 is 1.53 bits per heavy atom. The maximum Gasteiger partial charge on any atom is 0.116 e. The Labute approximate surface area is 93.9 Å². The van der Waals surface area contributed by atoms with Gasteiger partial charge in [-0.3, -0.25) is 0 Å². The summed E-state index contributed by atoms with van der Waals surface area (Å²) in [6, 6.07) is 3.78. The van der Waals surface area contributed by atoms with Gasteiger partial charge in [-0.15, -0.1) is 0 Å². The van der Waals surface area contributed by atoms with E-state index in [1.807, 2.05) is 22.7 Å². The maximum absolute atomic E-state index is 6.14. The number of rotatable bonds is 2. The second-order valence-corrected chi connectivity index (χ2v) is 4.26. The third-order valence-corrected chi connectivity index (χ3v) is 2.73. The van der Waals surface area contributed by atoms with Gasteiger partial charge < -0.3 is 10.1 Å². The van der Waals surface area contributed by atoms with Crippen LogP contribution in [-0.2, 0) is 6.54 Å². The summed E-state index contributed by atoms with van der Waals surface area (Å²) in [7, 11) is 0. The second kappa shape index (κ2) is 3.83. The fourth-order valence-corrected chi connectivity index (χ4v) is 2.02. The number of imidazole rings is 1. The standard InChI is InChI=1S/C11H14ClN3/c1-7(2)11-14-9(6-13)10-8(12)4-3-5-15(10)11/h3-5,7H,6,13H2,1-2H3. The molecule has 3 nitrogen and oxygen atoms in total. The molecular weight excluding hydrogens is 210 g/mol. The lowest BCUT2D eigenvalue weighted by Crippen LogP contribution is -1.97. The molecule has 2 aromatic heterocycles. The summed E-state index contributed by atoms with van der Waals surface area (Å²) in [5.74, 6) is 1.37. The van der Waals surface area contributed by atoms with Gasteiger partial charge in [0.2, 0.25) is 0 Å². The van der Waals surface area contributed by atoms with E-state index in [2.05, 4.69) is 18.8 Å². The van der Waals surface area contributed by atoms with Crippen molar-refractivity contribution < 1.29 is 0 Å². The molecule has 0 aromatic carbocycles. The van der Waals surface area contributed by atoms with Crippen LogP contribution in [0.2, 0.25) is 5.02 Å². The average molecular weight is 224 g/mol. The van der Waals surface area contributed by atoms with Gasteiger partial charge in [-0.05, 0) is 12.1 Å². The van der Waals surface area contributed by atoms with Crippen molar-refractivity contribution in [1.82, 2.24) is 9.38 Å². The van der Waals surface area contributed by atoms with Crippen LogP contribution < -0.4 is 5.73 Å². The summed E-state index contributed by atoms with van der Waals surface area (Å²) >= 11 is 6.14. The molecule has 0 amide bonds. The van der Waals surface area contributed by atoms with E-state index in [0.717, 1.165) is 17.0 Å². The van der Waals surface area contributed by atoms with E-state index in [4.69, 9.17) is 17.3 Å². The van der Waals surface area contributed by atoms with Gasteiger partial charge >= 0.3 is 0 Å². The fraction of sp³-hybridized carbons (Fsp3) is 0.364. The van der Waals surface area contributed by atoms with Crippen molar-refractivity contribution >= 4 is 17.1 Å². The smallest absolute Gasteiger partial charge is 0.116 e. The molecule has 0 unspecified atom stereocenters. The Kier molecular flexibility index (Phi) is 2.67. The van der Waals surface area contributed by atoms with Gasteiger partial charge in [-0.25, -0.2) is 4.98 Å². The summed E-state index contributed by atoms with van der Waals surface area (Å²) in [5.41, 5.74) is 7.46. The van der Waals surface area contributed by atoms with Crippen molar-refractivity contribution in [3.05, 3.63) is 34.9 Å². The lowest BCUT2D eigenvalue weighted by Gasteiger charge is -2.03. The molecule has 15 heavy (non-hydrogen) atoms. The molecule has 0 aliphatic carbocycles. The van der Waals surface area contributed by atoms with Crippen LogP contribution in [0.25, 0.3) is 5.52 Å². The molecule has 4 heteroatoms. The van der Waals surface area contributed by atoms with Crippen LogP contribution in [0.15, 0.2) is 18.3 Å². The minimum absolute atomic E-state index is 0.358. The summed E-state index contributed by atoms with van der Waals surface area (Å²) in [4.78, 5) is 4.52. The monoisotopic (exact) mass is 223 g/mol. The Morgan fingerprint density at radius 2 is 2.27 bits per heavy atom. The number of halogens is 1. The summed E-state index contributed by atoms with van der Waals surface area (Å²) in [6.45, 7) is 4.63. The van der Waals surface area contributed by atoms with Crippen LogP contribution in [0, 0.1) is 0 Å². The fourth-order valence-electron chi connectivity index (χ4n) is 1.74. The molecule has 0 aliphatic rings. The van der Waals surface area contributed by atoms with E-state index in [0.29, 0.717) is 17.5 Å². The van der Waals surface area contributed by atoms with Crippen molar-refractivity contribution in [2.75, 3.05) is 0 Å². The van der Waals surface area contributed by atoms with E-state index >= 15 is 0 Å². The zero-order valence-corrected chi connectivity index (χ0v) is 9.62. The predicted octanol–water partition coefficient (Wildman–Crippen LogP) is 2.57. The van der Waals surface area contributed by atoms with E-state index < -0.39 is 0 Å². The van der Waals surface area contributed by atoms with Crippen molar-refractivity contribution in [2.24, 2.45) is 5.73 Å². The highest BCUT2D eigenvalue weighted by Crippen LogP contribution is 2.25. The Bertz CT molecular complexity index is 488. The van der Waals surface area contributed by atoms with Gasteiger partial charge in [0.25, 0.3) is 0 Å². The summed E-state index contributed by atoms with van der Waals surface area (Å²) < 4.78 is 2.02. The first kappa shape index (κ1) is 10.5. The minimum Gasteiger partial charge on any atom is -0.325 e. The van der Waals surface area contributed by atoms with Gasteiger partial charge in [-0.2, -0.15) is 0 Å². The van der Waals surface area contributed by atoms with Crippen molar-refractivity contribution in [2.45, 2.75) is 26.3 Å². The first-order valence-corrected chi connectivity index (χ1v) is 5.38. The molecule has 2 heterocycles. The van der Waals surface area contributed by atoms with Gasteiger partial charge in [-0.1, -0.05) is 25.4 Å². The second-order valence-electron chi connectivity index (χ2n) is 3.85. The topological polar surface area (TPSA) is 43.3 Å². The molecule has 0 fully saturated rings. The molecule has 0 aliphatic heterocycles. The van der Waals surface area contributed by atoms with Gasteiger partial charge in [0, 0.05) is 18.7 Å². The number of aromatic nitrogens is 2. The lowest BCUT2D eigenvalue weighted by molar-refractivity contribution is 0.765. The first-order chi connectivity index (χ1) is 7.15. The SMILES string of the molecule is CC(C)c1nc(CN)c2c(Cl)cccn12. The molecule has 0 saturated carbocycles. The first-order valence-electron chi connectivity index (χ1n) is 5.00. The van der Waals surface area contributed by atoms with Crippen LogP contribution >= 0.6 is 11.6 Å². The largest absolute Gasteiger partial charge is 0.325 e. The van der Waals surface area contributed by atoms with Crippen LogP contribution in [-0.4, -0.2) is 9.38 Å². The van der Waals surface area contributed by atoms with Crippen molar-refractivity contribution in [3.8, 4) is 0 Å². The third-order valence-electron chi connectivity index (χ3n) is 2.42. The molecular formula is C11H14ClN3. The number of fused-ring (bicyclic) bond motifs is 1. The van der Waals surface area contributed by atoms with Crippen molar-refractivity contribution in [3.63, 3.8) is 0 Å².